The van der Waals surface area contributed by atoms with Crippen LogP contribution >= 0.6 is 15.9 Å². The van der Waals surface area contributed by atoms with Crippen LogP contribution in [0.15, 0.2) is 41.0 Å². The number of fused-ring (bicyclic) bond motifs is 1. The number of methoxy groups -OCH3 is 1. The molecule has 0 aliphatic rings. The van der Waals surface area contributed by atoms with E-state index in [0.29, 0.717) is 6.61 Å². The highest BCUT2D eigenvalue weighted by Crippen LogP contribution is 2.41. The summed E-state index contributed by atoms with van der Waals surface area (Å²) in [6, 6.07) is 10.5. The number of rotatable bonds is 8. The number of carbonyl (C=O) groups excluding carboxylic acids is 1. The zero-order chi connectivity index (χ0) is 22.8. The molecule has 6 heteroatoms. The van der Waals surface area contributed by atoms with E-state index < -0.39 is 0 Å². The molecule has 2 aromatic heterocycles. The molecule has 0 saturated heterocycles. The summed E-state index contributed by atoms with van der Waals surface area (Å²) in [6.07, 6.45) is 2.44. The number of hydrogen-bond donors (Lipinski definition) is 0. The van der Waals surface area contributed by atoms with E-state index >= 15 is 0 Å². The molecule has 0 saturated carbocycles. The van der Waals surface area contributed by atoms with Gasteiger partial charge >= 0.3 is 5.97 Å². The van der Waals surface area contributed by atoms with Gasteiger partial charge in [0.1, 0.15) is 0 Å². The molecule has 1 atom stereocenters. The minimum absolute atomic E-state index is 0.131. The summed E-state index contributed by atoms with van der Waals surface area (Å²) in [5, 5.41) is 1.20. The summed E-state index contributed by atoms with van der Waals surface area (Å²) in [4.78, 5) is 16.1. The quantitative estimate of drug-likeness (QED) is 0.349. The summed E-state index contributed by atoms with van der Waals surface area (Å²) in [5.41, 5.74) is 5.32. The average Bonchev–Trinajstić information content (AvgIpc) is 3.03. The van der Waals surface area contributed by atoms with E-state index in [0.717, 1.165) is 34.4 Å². The van der Waals surface area contributed by atoms with E-state index in [9.17, 15) is 4.79 Å². The Bertz CT molecular complexity index is 1090. The Kier molecular flexibility index (Phi) is 7.22. The number of pyridine rings is 1. The molecule has 0 spiro atoms. The summed E-state index contributed by atoms with van der Waals surface area (Å²) in [6.45, 7) is 11.1. The third-order valence-electron chi connectivity index (χ3n) is 5.60. The van der Waals surface area contributed by atoms with E-state index in [-0.39, 0.29) is 17.5 Å². The van der Waals surface area contributed by atoms with Gasteiger partial charge in [0.25, 0.3) is 0 Å². The number of nitrogens with zero attached hydrogens (tertiary/aromatic N) is 2. The van der Waals surface area contributed by atoms with Crippen LogP contribution in [0.1, 0.15) is 52.0 Å². The van der Waals surface area contributed by atoms with Gasteiger partial charge in [-0.25, -0.2) is 0 Å². The minimum Gasteiger partial charge on any atom is -0.465 e. The van der Waals surface area contributed by atoms with Crippen LogP contribution in [-0.2, 0) is 27.2 Å². The lowest BCUT2D eigenvalue weighted by molar-refractivity contribution is -0.143. The van der Waals surface area contributed by atoms with Crippen molar-refractivity contribution in [1.82, 2.24) is 9.55 Å². The van der Waals surface area contributed by atoms with Crippen LogP contribution in [0.5, 0.6) is 0 Å². The van der Waals surface area contributed by atoms with Crippen LogP contribution in [0.2, 0.25) is 0 Å². The first-order valence-electron chi connectivity index (χ1n) is 10.6. The van der Waals surface area contributed by atoms with E-state index in [2.05, 4.69) is 70.5 Å². The maximum absolute atomic E-state index is 11.4. The largest absolute Gasteiger partial charge is 0.465 e. The van der Waals surface area contributed by atoms with Crippen molar-refractivity contribution in [2.24, 2.45) is 5.41 Å². The van der Waals surface area contributed by atoms with Crippen molar-refractivity contribution in [1.29, 1.82) is 0 Å². The van der Waals surface area contributed by atoms with Gasteiger partial charge in [-0.15, -0.1) is 0 Å². The minimum atomic E-state index is -0.254. The van der Waals surface area contributed by atoms with Crippen molar-refractivity contribution in [3.8, 4) is 11.3 Å². The lowest BCUT2D eigenvalue weighted by Gasteiger charge is -2.25. The fourth-order valence-corrected chi connectivity index (χ4v) is 4.45. The highest BCUT2D eigenvalue weighted by atomic mass is 79.9. The highest BCUT2D eigenvalue weighted by molar-refractivity contribution is 9.10. The normalized spacial score (nSPS) is 12.9. The van der Waals surface area contributed by atoms with Gasteiger partial charge in [-0.05, 0) is 56.2 Å². The fraction of sp³-hybridized carbons (Fsp3) is 0.440. The third kappa shape index (κ3) is 5.01. The van der Waals surface area contributed by atoms with Crippen molar-refractivity contribution >= 4 is 32.8 Å². The monoisotopic (exact) mass is 486 g/mol. The van der Waals surface area contributed by atoms with Gasteiger partial charge < -0.3 is 14.0 Å². The van der Waals surface area contributed by atoms with Gasteiger partial charge in [-0.1, -0.05) is 29.8 Å². The molecule has 2 heterocycles. The molecular formula is C25H31BrN2O3. The number of halogens is 1. The molecule has 3 aromatic rings. The summed E-state index contributed by atoms with van der Waals surface area (Å²) < 4.78 is 14.4. The van der Waals surface area contributed by atoms with Crippen LogP contribution in [0.25, 0.3) is 22.2 Å². The highest BCUT2D eigenvalue weighted by Gasteiger charge is 2.28. The van der Waals surface area contributed by atoms with Gasteiger partial charge in [0.2, 0.25) is 0 Å². The molecule has 0 N–H and O–H groups in total. The fourth-order valence-electron chi connectivity index (χ4n) is 4.09. The molecule has 166 valence electrons. The maximum Gasteiger partial charge on any atom is 0.302 e. The van der Waals surface area contributed by atoms with Gasteiger partial charge in [-0.2, -0.15) is 0 Å². The zero-order valence-corrected chi connectivity index (χ0v) is 20.7. The molecule has 0 aliphatic carbocycles. The Balaban J connectivity index is 2.28. The number of aryl methyl sites for hydroxylation is 1. The molecule has 0 amide bonds. The van der Waals surface area contributed by atoms with E-state index in [1.165, 1.54) is 23.4 Å². The Morgan fingerprint density at radius 3 is 2.68 bits per heavy atom. The smallest absolute Gasteiger partial charge is 0.302 e. The first-order valence-corrected chi connectivity index (χ1v) is 11.4. The second-order valence-corrected chi connectivity index (χ2v) is 9.58. The van der Waals surface area contributed by atoms with Crippen LogP contribution in [-0.4, -0.2) is 29.2 Å². The lowest BCUT2D eigenvalue weighted by atomic mass is 9.84. The Labute approximate surface area is 192 Å². The number of carbonyl (C=O) groups is 1. The number of benzene rings is 1. The Morgan fingerprint density at radius 2 is 2.03 bits per heavy atom. The SMILES string of the molecule is CCn1c(-c2cccnc2C(C)OC)c(CC(C)(C)COC(C)=O)c2cc(Br)ccc21. The number of aromatic nitrogens is 2. The molecule has 1 aromatic carbocycles. The number of ether oxygens (including phenoxy) is 2. The van der Waals surface area contributed by atoms with Crippen LogP contribution < -0.4 is 0 Å². The lowest BCUT2D eigenvalue weighted by Crippen LogP contribution is -2.24. The summed E-state index contributed by atoms with van der Waals surface area (Å²) in [7, 11) is 1.71. The van der Waals surface area contributed by atoms with Gasteiger partial charge in [0.15, 0.2) is 0 Å². The molecule has 31 heavy (non-hydrogen) atoms. The molecule has 0 radical (unpaired) electrons. The predicted octanol–water partition coefficient (Wildman–Crippen LogP) is 6.32. The van der Waals surface area contributed by atoms with Crippen LogP contribution in [0, 0.1) is 5.41 Å². The molecule has 0 fully saturated rings. The van der Waals surface area contributed by atoms with Crippen molar-refractivity contribution < 1.29 is 14.3 Å². The Hall–Kier alpha value is -2.18. The van der Waals surface area contributed by atoms with E-state index in [1.807, 2.05) is 19.2 Å². The Morgan fingerprint density at radius 1 is 1.29 bits per heavy atom. The zero-order valence-electron chi connectivity index (χ0n) is 19.2. The molecule has 5 nitrogen and oxygen atoms in total. The van der Waals surface area contributed by atoms with Crippen molar-refractivity contribution in [2.45, 2.75) is 53.7 Å². The first-order chi connectivity index (χ1) is 14.7. The molecule has 0 aliphatic heterocycles. The average molecular weight is 487 g/mol. The molecular weight excluding hydrogens is 456 g/mol. The third-order valence-corrected chi connectivity index (χ3v) is 6.09. The van der Waals surface area contributed by atoms with Crippen LogP contribution in [0.3, 0.4) is 0 Å². The van der Waals surface area contributed by atoms with Crippen molar-refractivity contribution in [3.63, 3.8) is 0 Å². The van der Waals surface area contributed by atoms with E-state index in [4.69, 9.17) is 9.47 Å². The van der Waals surface area contributed by atoms with Gasteiger partial charge in [0, 0.05) is 53.1 Å². The molecule has 3 rings (SSSR count). The number of hydrogen-bond acceptors (Lipinski definition) is 4. The molecule has 0 bridgehead atoms. The van der Waals surface area contributed by atoms with Crippen LogP contribution in [0.4, 0.5) is 0 Å². The summed E-state index contributed by atoms with van der Waals surface area (Å²) in [5.74, 6) is -0.254. The summed E-state index contributed by atoms with van der Waals surface area (Å²) >= 11 is 3.65. The predicted molar refractivity (Wildman–Crippen MR) is 128 cm³/mol. The van der Waals surface area contributed by atoms with Crippen molar-refractivity contribution in [3.05, 3.63) is 52.3 Å². The van der Waals surface area contributed by atoms with Gasteiger partial charge in [-0.3, -0.25) is 9.78 Å². The second kappa shape index (κ2) is 9.53. The van der Waals surface area contributed by atoms with Crippen molar-refractivity contribution in [2.75, 3.05) is 13.7 Å². The van der Waals surface area contributed by atoms with Gasteiger partial charge in [0.05, 0.1) is 24.1 Å². The topological polar surface area (TPSA) is 53.4 Å². The molecule has 1 unspecified atom stereocenters. The van der Waals surface area contributed by atoms with E-state index in [1.54, 1.807) is 7.11 Å². The number of esters is 1. The second-order valence-electron chi connectivity index (χ2n) is 8.67. The first kappa shape index (κ1) is 23.5. The maximum atomic E-state index is 11.4. The standard InChI is InChI=1S/C25H31BrN2O3/c1-7-28-22-11-10-18(26)13-20(22)21(14-25(4,5)15-31-17(3)29)24(28)19-9-8-12-27-23(19)16(2)30-6/h8-13,16H,7,14-15H2,1-6H3.